The van der Waals surface area contributed by atoms with E-state index in [9.17, 15) is 18.0 Å². The van der Waals surface area contributed by atoms with Crippen LogP contribution in [0.4, 0.5) is 5.69 Å². The van der Waals surface area contributed by atoms with Crippen LogP contribution in [0.1, 0.15) is 18.9 Å². The molecule has 0 unspecified atom stereocenters. The fourth-order valence-electron chi connectivity index (χ4n) is 2.86. The Morgan fingerprint density at radius 1 is 1.18 bits per heavy atom. The SMILES string of the molecule is C[C@@H]1Sc2ccc(S(=O)(=O)CCC(=O)N(C)Cc3ccccc3)cc2NC1=O. The number of hydrogen-bond donors (Lipinski definition) is 1. The molecule has 8 heteroatoms. The number of fused-ring (bicyclic) bond motifs is 1. The summed E-state index contributed by atoms with van der Waals surface area (Å²) < 4.78 is 25.3. The highest BCUT2D eigenvalue weighted by Gasteiger charge is 2.25. The first kappa shape index (κ1) is 20.4. The molecule has 0 fully saturated rings. The minimum atomic E-state index is -3.63. The number of rotatable bonds is 6. The van der Waals surface area contributed by atoms with Crippen molar-refractivity contribution in [3.05, 3.63) is 54.1 Å². The Balaban J connectivity index is 1.64. The maximum absolute atomic E-state index is 12.7. The number of nitrogens with one attached hydrogen (secondary N) is 1. The molecule has 2 amide bonds. The van der Waals surface area contributed by atoms with E-state index in [-0.39, 0.29) is 34.1 Å². The largest absolute Gasteiger partial charge is 0.341 e. The molecule has 1 heterocycles. The van der Waals surface area contributed by atoms with Crippen molar-refractivity contribution >= 4 is 39.1 Å². The zero-order valence-corrected chi connectivity index (χ0v) is 17.3. The summed E-state index contributed by atoms with van der Waals surface area (Å²) in [6, 6.07) is 14.2. The van der Waals surface area contributed by atoms with Gasteiger partial charge in [0, 0.05) is 24.9 Å². The van der Waals surface area contributed by atoms with E-state index >= 15 is 0 Å². The van der Waals surface area contributed by atoms with Crippen molar-refractivity contribution < 1.29 is 18.0 Å². The maximum atomic E-state index is 12.7. The van der Waals surface area contributed by atoms with Crippen molar-refractivity contribution in [2.45, 2.75) is 34.9 Å². The van der Waals surface area contributed by atoms with Crippen LogP contribution in [0.15, 0.2) is 58.3 Å². The van der Waals surface area contributed by atoms with Crippen LogP contribution < -0.4 is 5.32 Å². The highest BCUT2D eigenvalue weighted by atomic mass is 32.2. The second-order valence-electron chi connectivity index (χ2n) is 6.71. The zero-order valence-electron chi connectivity index (χ0n) is 15.7. The lowest BCUT2D eigenvalue weighted by Crippen LogP contribution is -2.28. The molecule has 6 nitrogen and oxygen atoms in total. The molecule has 2 aromatic carbocycles. The summed E-state index contributed by atoms with van der Waals surface area (Å²) in [6.45, 7) is 2.23. The summed E-state index contributed by atoms with van der Waals surface area (Å²) in [5, 5.41) is 2.52. The fourth-order valence-corrected chi connectivity index (χ4v) is 5.04. The van der Waals surface area contributed by atoms with Crippen LogP contribution in [-0.4, -0.2) is 43.2 Å². The van der Waals surface area contributed by atoms with Gasteiger partial charge in [-0.15, -0.1) is 11.8 Å². The lowest BCUT2D eigenvalue weighted by Gasteiger charge is -2.22. The van der Waals surface area contributed by atoms with E-state index in [1.165, 1.54) is 28.8 Å². The molecule has 3 rings (SSSR count). The summed E-state index contributed by atoms with van der Waals surface area (Å²) in [5.41, 5.74) is 1.49. The van der Waals surface area contributed by atoms with E-state index in [0.29, 0.717) is 12.2 Å². The molecular formula is C20H22N2O4S2. The van der Waals surface area contributed by atoms with Gasteiger partial charge in [-0.3, -0.25) is 9.59 Å². The van der Waals surface area contributed by atoms with Crippen LogP contribution >= 0.6 is 11.8 Å². The minimum absolute atomic E-state index is 0.0963. The molecule has 0 aliphatic carbocycles. The first-order valence-corrected chi connectivity index (χ1v) is 11.4. The van der Waals surface area contributed by atoms with Gasteiger partial charge in [0.2, 0.25) is 11.8 Å². The molecule has 1 atom stereocenters. The Morgan fingerprint density at radius 3 is 2.61 bits per heavy atom. The molecule has 0 spiro atoms. The van der Waals surface area contributed by atoms with E-state index in [1.807, 2.05) is 30.3 Å². The Bertz CT molecular complexity index is 991. The van der Waals surface area contributed by atoms with Gasteiger partial charge in [0.05, 0.1) is 21.6 Å². The molecule has 2 aromatic rings. The Kier molecular flexibility index (Phi) is 6.10. The maximum Gasteiger partial charge on any atom is 0.237 e. The molecule has 0 aromatic heterocycles. The second kappa shape index (κ2) is 8.36. The highest BCUT2D eigenvalue weighted by molar-refractivity contribution is 8.01. The molecule has 0 bridgehead atoms. The standard InChI is InChI=1S/C20H22N2O4S2/c1-14-20(24)21-17-12-16(8-9-18(17)27-14)28(25,26)11-10-19(23)22(2)13-15-6-4-3-5-7-15/h3-9,12,14H,10-11,13H2,1-2H3,(H,21,24)/t14-/m0/s1. The van der Waals surface area contributed by atoms with E-state index in [1.54, 1.807) is 20.0 Å². The number of amides is 2. The van der Waals surface area contributed by atoms with Crippen molar-refractivity contribution in [2.24, 2.45) is 0 Å². The molecule has 1 aliphatic heterocycles. The van der Waals surface area contributed by atoms with Crippen LogP contribution in [0.5, 0.6) is 0 Å². The van der Waals surface area contributed by atoms with Crippen molar-refractivity contribution in [2.75, 3.05) is 18.1 Å². The molecule has 28 heavy (non-hydrogen) atoms. The molecule has 0 radical (unpaired) electrons. The molecule has 1 N–H and O–H groups in total. The van der Waals surface area contributed by atoms with E-state index < -0.39 is 9.84 Å². The third-order valence-electron chi connectivity index (χ3n) is 4.51. The Morgan fingerprint density at radius 2 is 1.89 bits per heavy atom. The summed E-state index contributed by atoms with van der Waals surface area (Å²) in [6.07, 6.45) is -0.0963. The molecule has 1 aliphatic rings. The predicted molar refractivity (Wildman–Crippen MR) is 110 cm³/mol. The van der Waals surface area contributed by atoms with E-state index in [2.05, 4.69) is 5.32 Å². The number of benzene rings is 2. The molecule has 0 saturated carbocycles. The third kappa shape index (κ3) is 4.74. The van der Waals surface area contributed by atoms with Gasteiger partial charge in [-0.2, -0.15) is 0 Å². The lowest BCUT2D eigenvalue weighted by molar-refractivity contribution is -0.130. The van der Waals surface area contributed by atoms with Crippen LogP contribution in [0.3, 0.4) is 0 Å². The quantitative estimate of drug-likeness (QED) is 0.780. The predicted octanol–water partition coefficient (Wildman–Crippen LogP) is 2.94. The van der Waals surface area contributed by atoms with Gasteiger partial charge in [-0.05, 0) is 30.7 Å². The van der Waals surface area contributed by atoms with Gasteiger partial charge >= 0.3 is 0 Å². The average molecular weight is 419 g/mol. The van der Waals surface area contributed by atoms with Gasteiger partial charge in [0.1, 0.15) is 0 Å². The summed E-state index contributed by atoms with van der Waals surface area (Å²) in [4.78, 5) is 26.6. The van der Waals surface area contributed by atoms with Gasteiger partial charge in [-0.25, -0.2) is 8.42 Å². The Labute approximate surface area is 169 Å². The zero-order chi connectivity index (χ0) is 20.3. The van der Waals surface area contributed by atoms with Crippen LogP contribution in [0.25, 0.3) is 0 Å². The molecule has 148 valence electrons. The van der Waals surface area contributed by atoms with Gasteiger partial charge in [-0.1, -0.05) is 30.3 Å². The Hall–Kier alpha value is -2.32. The van der Waals surface area contributed by atoms with Crippen LogP contribution in [0.2, 0.25) is 0 Å². The highest BCUT2D eigenvalue weighted by Crippen LogP contribution is 2.36. The summed E-state index contributed by atoms with van der Waals surface area (Å²) in [5.74, 6) is -0.658. The number of hydrogen-bond acceptors (Lipinski definition) is 5. The molecular weight excluding hydrogens is 396 g/mol. The van der Waals surface area contributed by atoms with Crippen LogP contribution in [-0.2, 0) is 26.0 Å². The van der Waals surface area contributed by atoms with Gasteiger partial charge in [0.15, 0.2) is 9.84 Å². The fraction of sp³-hybridized carbons (Fsp3) is 0.300. The summed E-state index contributed by atoms with van der Waals surface area (Å²) in [7, 11) is -1.97. The third-order valence-corrected chi connectivity index (χ3v) is 7.41. The molecule has 0 saturated heterocycles. The van der Waals surface area contributed by atoms with Gasteiger partial charge < -0.3 is 10.2 Å². The number of carbonyl (C=O) groups is 2. The monoisotopic (exact) mass is 418 g/mol. The summed E-state index contributed by atoms with van der Waals surface area (Å²) >= 11 is 1.39. The second-order valence-corrected chi connectivity index (χ2v) is 10.2. The van der Waals surface area contributed by atoms with Crippen molar-refractivity contribution in [3.63, 3.8) is 0 Å². The number of sulfone groups is 1. The first-order chi connectivity index (χ1) is 13.3. The normalized spacial score (nSPS) is 16.2. The average Bonchev–Trinajstić information content (AvgIpc) is 2.67. The van der Waals surface area contributed by atoms with Crippen molar-refractivity contribution in [1.82, 2.24) is 4.90 Å². The topological polar surface area (TPSA) is 83.6 Å². The minimum Gasteiger partial charge on any atom is -0.341 e. The smallest absolute Gasteiger partial charge is 0.237 e. The van der Waals surface area contributed by atoms with Crippen molar-refractivity contribution in [3.8, 4) is 0 Å². The van der Waals surface area contributed by atoms with Gasteiger partial charge in [0.25, 0.3) is 0 Å². The van der Waals surface area contributed by atoms with E-state index in [4.69, 9.17) is 0 Å². The number of carbonyl (C=O) groups excluding carboxylic acids is 2. The van der Waals surface area contributed by atoms with Crippen LogP contribution in [0, 0.1) is 0 Å². The van der Waals surface area contributed by atoms with Crippen molar-refractivity contribution in [1.29, 1.82) is 0 Å². The van der Waals surface area contributed by atoms with E-state index in [0.717, 1.165) is 10.5 Å². The lowest BCUT2D eigenvalue weighted by atomic mass is 10.2. The first-order valence-electron chi connectivity index (χ1n) is 8.88. The number of nitrogens with zero attached hydrogens (tertiary/aromatic N) is 1. The number of anilines is 1. The number of thioether (sulfide) groups is 1.